The van der Waals surface area contributed by atoms with Crippen LogP contribution in [0.3, 0.4) is 0 Å². The van der Waals surface area contributed by atoms with Gasteiger partial charge in [-0.25, -0.2) is 4.79 Å². The second kappa shape index (κ2) is 11.3. The lowest BCUT2D eigenvalue weighted by Crippen LogP contribution is -2.51. The van der Waals surface area contributed by atoms with Gasteiger partial charge in [0, 0.05) is 0 Å². The summed E-state index contributed by atoms with van der Waals surface area (Å²) in [6.45, 7) is 13.2. The normalized spacial score (nSPS) is 39.5. The van der Waals surface area contributed by atoms with Crippen LogP contribution in [0.5, 0.6) is 0 Å². The summed E-state index contributed by atoms with van der Waals surface area (Å²) in [7, 11) is 0. The third-order valence-corrected chi connectivity index (χ3v) is 11.1. The fraction of sp³-hybridized carbons (Fsp3) is 0.903. The minimum atomic E-state index is -0.918. The molecule has 1 N–H and O–H groups in total. The summed E-state index contributed by atoms with van der Waals surface area (Å²) in [5, 5.41) is 8.71. The van der Waals surface area contributed by atoms with Crippen LogP contribution in [-0.2, 0) is 14.3 Å². The Morgan fingerprint density at radius 1 is 1.06 bits per heavy atom. The number of fused-ring (bicyclic) bond motifs is 5. The number of carboxylic acid groups (broad SMARTS) is 1. The van der Waals surface area contributed by atoms with Crippen LogP contribution in [-0.4, -0.2) is 37.0 Å². The molecule has 0 bridgehead atoms. The molecule has 4 aliphatic rings. The van der Waals surface area contributed by atoms with Crippen molar-refractivity contribution in [1.29, 1.82) is 0 Å². The molecular formula is C31H52O4. The highest BCUT2D eigenvalue weighted by Gasteiger charge is 2.59. The Balaban J connectivity index is 1.36. The number of rotatable bonds is 11. The molecule has 4 rings (SSSR count). The maximum Gasteiger partial charge on any atom is 0.329 e. The molecule has 0 spiro atoms. The molecule has 8 unspecified atom stereocenters. The lowest BCUT2D eigenvalue weighted by Gasteiger charge is -2.58. The first kappa shape index (κ1) is 27.2. The quantitative estimate of drug-likeness (QED) is 0.241. The highest BCUT2D eigenvalue weighted by Crippen LogP contribution is 2.67. The number of allylic oxidation sites excluding steroid dienone is 1. The molecule has 4 heteroatoms. The first-order chi connectivity index (χ1) is 16.6. The predicted molar refractivity (Wildman–Crippen MR) is 141 cm³/mol. The Kier molecular flexibility index (Phi) is 8.74. The van der Waals surface area contributed by atoms with Gasteiger partial charge in [-0.3, -0.25) is 0 Å². The molecule has 4 aliphatic carbocycles. The molecule has 0 aromatic rings. The van der Waals surface area contributed by atoms with E-state index in [2.05, 4.69) is 40.7 Å². The second-order valence-electron chi connectivity index (χ2n) is 13.5. The summed E-state index contributed by atoms with van der Waals surface area (Å²) in [4.78, 5) is 10.6. The van der Waals surface area contributed by atoms with Gasteiger partial charge in [0.15, 0.2) is 0 Å². The second-order valence-corrected chi connectivity index (χ2v) is 13.5. The summed E-state index contributed by atoms with van der Waals surface area (Å²) >= 11 is 0. The molecule has 200 valence electrons. The van der Waals surface area contributed by atoms with E-state index in [9.17, 15) is 4.79 Å². The fourth-order valence-electron chi connectivity index (χ4n) is 9.23. The van der Waals surface area contributed by atoms with Gasteiger partial charge in [-0.1, -0.05) is 65.5 Å². The van der Waals surface area contributed by atoms with Crippen LogP contribution in [0, 0.1) is 46.3 Å². The van der Waals surface area contributed by atoms with Crippen LogP contribution in [0.4, 0.5) is 0 Å². The lowest BCUT2D eigenvalue weighted by atomic mass is 9.47. The molecule has 0 aromatic carbocycles. The average molecular weight is 489 g/mol. The van der Waals surface area contributed by atoms with Gasteiger partial charge in [0.2, 0.25) is 0 Å². The van der Waals surface area contributed by atoms with Gasteiger partial charge in [-0.2, -0.15) is 0 Å². The molecule has 3 saturated carbocycles. The van der Waals surface area contributed by atoms with Crippen LogP contribution < -0.4 is 0 Å². The molecule has 3 fully saturated rings. The minimum absolute atomic E-state index is 0.238. The molecule has 0 saturated heterocycles. The van der Waals surface area contributed by atoms with Crippen molar-refractivity contribution in [2.45, 2.75) is 111 Å². The van der Waals surface area contributed by atoms with Crippen LogP contribution in [0.25, 0.3) is 0 Å². The lowest BCUT2D eigenvalue weighted by molar-refractivity contribution is -0.143. The molecule has 0 aromatic heterocycles. The van der Waals surface area contributed by atoms with E-state index in [1.807, 2.05) is 0 Å². The number of ether oxygens (including phenoxy) is 2. The first-order valence-electron chi connectivity index (χ1n) is 14.8. The van der Waals surface area contributed by atoms with Gasteiger partial charge in [-0.15, -0.1) is 0 Å². The first-order valence-corrected chi connectivity index (χ1v) is 14.8. The third kappa shape index (κ3) is 5.69. The molecule has 35 heavy (non-hydrogen) atoms. The van der Waals surface area contributed by atoms with Crippen LogP contribution in [0.2, 0.25) is 0 Å². The van der Waals surface area contributed by atoms with Gasteiger partial charge < -0.3 is 14.6 Å². The Morgan fingerprint density at radius 3 is 2.60 bits per heavy atom. The van der Waals surface area contributed by atoms with E-state index in [4.69, 9.17) is 14.6 Å². The van der Waals surface area contributed by atoms with Crippen molar-refractivity contribution in [3.63, 3.8) is 0 Å². The van der Waals surface area contributed by atoms with Crippen molar-refractivity contribution in [3.05, 3.63) is 11.6 Å². The SMILES string of the molecule is CC(C)CCCC(C)C1CCC2C3CC=C4CC(OCCOCC(=O)O)CCC4(C)C3CCC12C. The van der Waals surface area contributed by atoms with Crippen molar-refractivity contribution in [1.82, 2.24) is 0 Å². The Morgan fingerprint density at radius 2 is 1.86 bits per heavy atom. The maximum atomic E-state index is 10.6. The Hall–Kier alpha value is -0.870. The smallest absolute Gasteiger partial charge is 0.329 e. The van der Waals surface area contributed by atoms with Crippen molar-refractivity contribution in [3.8, 4) is 0 Å². The number of carbonyl (C=O) groups is 1. The van der Waals surface area contributed by atoms with E-state index in [0.29, 0.717) is 24.0 Å². The summed E-state index contributed by atoms with van der Waals surface area (Å²) < 4.78 is 11.3. The van der Waals surface area contributed by atoms with Gasteiger partial charge in [0.1, 0.15) is 6.61 Å². The van der Waals surface area contributed by atoms with Crippen molar-refractivity contribution >= 4 is 5.97 Å². The predicted octanol–water partition coefficient (Wildman–Crippen LogP) is 7.51. The molecule has 8 atom stereocenters. The highest BCUT2D eigenvalue weighted by atomic mass is 16.5. The van der Waals surface area contributed by atoms with Gasteiger partial charge in [0.05, 0.1) is 19.3 Å². The monoisotopic (exact) mass is 488 g/mol. The largest absolute Gasteiger partial charge is 0.480 e. The van der Waals surface area contributed by atoms with Gasteiger partial charge >= 0.3 is 5.97 Å². The molecule has 4 nitrogen and oxygen atoms in total. The summed E-state index contributed by atoms with van der Waals surface area (Å²) in [5.41, 5.74) is 2.56. The number of hydrogen-bond acceptors (Lipinski definition) is 3. The van der Waals surface area contributed by atoms with E-state index in [1.54, 1.807) is 5.57 Å². The summed E-state index contributed by atoms with van der Waals surface area (Å²) in [6.07, 6.45) is 17.5. The molecule has 0 radical (unpaired) electrons. The van der Waals surface area contributed by atoms with Gasteiger partial charge in [-0.05, 0) is 97.7 Å². The van der Waals surface area contributed by atoms with Crippen LogP contribution >= 0.6 is 0 Å². The van der Waals surface area contributed by atoms with E-state index < -0.39 is 5.97 Å². The standard InChI is InChI=1S/C31H52O4/c1-21(2)7-6-8-22(3)26-11-12-27-25-10-9-23-19-24(35-18-17-34-20-29(32)33)13-15-30(23,4)28(25)14-16-31(26,27)5/h9,21-22,24-28H,6-8,10-20H2,1-5H3,(H,32,33). The number of carboxylic acids is 1. The summed E-state index contributed by atoms with van der Waals surface area (Å²) in [6, 6.07) is 0. The number of hydrogen-bond donors (Lipinski definition) is 1. The van der Waals surface area contributed by atoms with E-state index in [-0.39, 0.29) is 12.7 Å². The van der Waals surface area contributed by atoms with Gasteiger partial charge in [0.25, 0.3) is 0 Å². The van der Waals surface area contributed by atoms with E-state index in [1.165, 1.54) is 57.8 Å². The number of aliphatic carboxylic acids is 1. The van der Waals surface area contributed by atoms with Crippen molar-refractivity contribution in [2.24, 2.45) is 46.3 Å². The molecule has 0 aliphatic heterocycles. The molecule has 0 amide bonds. The molecule has 0 heterocycles. The minimum Gasteiger partial charge on any atom is -0.480 e. The average Bonchev–Trinajstić information content (AvgIpc) is 3.15. The van der Waals surface area contributed by atoms with Crippen LogP contribution in [0.15, 0.2) is 11.6 Å². The van der Waals surface area contributed by atoms with Crippen molar-refractivity contribution in [2.75, 3.05) is 19.8 Å². The van der Waals surface area contributed by atoms with Crippen molar-refractivity contribution < 1.29 is 19.4 Å². The zero-order valence-electron chi connectivity index (χ0n) is 23.2. The highest BCUT2D eigenvalue weighted by molar-refractivity contribution is 5.67. The van der Waals surface area contributed by atoms with E-state index >= 15 is 0 Å². The maximum absolute atomic E-state index is 10.6. The Bertz CT molecular complexity index is 759. The zero-order valence-corrected chi connectivity index (χ0v) is 23.2. The summed E-state index contributed by atoms with van der Waals surface area (Å²) in [5.74, 6) is 4.34. The van der Waals surface area contributed by atoms with Crippen LogP contribution in [0.1, 0.15) is 105 Å². The third-order valence-electron chi connectivity index (χ3n) is 11.1. The van der Waals surface area contributed by atoms with E-state index in [0.717, 1.165) is 48.3 Å². The Labute approximate surface area is 214 Å². The molecular weight excluding hydrogens is 436 g/mol. The fourth-order valence-corrected chi connectivity index (χ4v) is 9.23. The topological polar surface area (TPSA) is 55.8 Å². The zero-order chi connectivity index (χ0) is 25.2.